The number of rotatable bonds is 4. The van der Waals surface area contributed by atoms with E-state index in [2.05, 4.69) is 0 Å². The number of hydrogen-bond donors (Lipinski definition) is 2. The Hall–Kier alpha value is -1.30. The molecule has 0 bridgehead atoms. The van der Waals surface area contributed by atoms with Gasteiger partial charge in [0, 0.05) is 7.05 Å². The van der Waals surface area contributed by atoms with Crippen LogP contribution < -0.4 is 0 Å². The Morgan fingerprint density at radius 1 is 1.35 bits per heavy atom. The maximum absolute atomic E-state index is 11.5. The van der Waals surface area contributed by atoms with Crippen molar-refractivity contribution in [2.75, 3.05) is 13.6 Å². The van der Waals surface area contributed by atoms with Gasteiger partial charge in [0.1, 0.15) is 5.60 Å². The monoisotopic (exact) mass is 247 g/mol. The first-order chi connectivity index (χ1) is 7.54. The fraction of sp³-hybridized carbons (Fsp3) is 0.818. The van der Waals surface area contributed by atoms with Crippen LogP contribution >= 0.6 is 0 Å². The van der Waals surface area contributed by atoms with Crippen LogP contribution in [0.1, 0.15) is 27.7 Å². The van der Waals surface area contributed by atoms with Crippen LogP contribution in [-0.4, -0.2) is 52.5 Å². The van der Waals surface area contributed by atoms with Gasteiger partial charge in [0.25, 0.3) is 0 Å². The van der Waals surface area contributed by atoms with Gasteiger partial charge in [-0.3, -0.25) is 4.79 Å². The molecule has 0 rings (SSSR count). The fourth-order valence-corrected chi connectivity index (χ4v) is 1.02. The third-order valence-electron chi connectivity index (χ3n) is 2.13. The van der Waals surface area contributed by atoms with Gasteiger partial charge in [-0.25, -0.2) is 4.79 Å². The second kappa shape index (κ2) is 5.86. The number of amides is 1. The van der Waals surface area contributed by atoms with Crippen molar-refractivity contribution in [3.05, 3.63) is 0 Å². The molecule has 0 radical (unpaired) electrons. The number of carbonyl (C=O) groups excluding carboxylic acids is 1. The first-order valence-electron chi connectivity index (χ1n) is 5.39. The molecule has 0 aromatic heterocycles. The smallest absolute Gasteiger partial charge is 0.410 e. The number of aliphatic hydroxyl groups is 1. The summed E-state index contributed by atoms with van der Waals surface area (Å²) < 4.78 is 5.07. The molecule has 0 heterocycles. The van der Waals surface area contributed by atoms with Crippen molar-refractivity contribution in [3.8, 4) is 0 Å². The van der Waals surface area contributed by atoms with E-state index in [-0.39, 0.29) is 6.54 Å². The van der Waals surface area contributed by atoms with E-state index in [1.54, 1.807) is 20.8 Å². The number of ether oxygens (including phenoxy) is 1. The van der Waals surface area contributed by atoms with Crippen LogP contribution in [0.15, 0.2) is 0 Å². The molecule has 6 nitrogen and oxygen atoms in total. The Kier molecular flexibility index (Phi) is 5.41. The summed E-state index contributed by atoms with van der Waals surface area (Å²) in [6.45, 7) is 6.50. The number of hydrogen-bond acceptors (Lipinski definition) is 4. The quantitative estimate of drug-likeness (QED) is 0.771. The summed E-state index contributed by atoms with van der Waals surface area (Å²) >= 11 is 0. The van der Waals surface area contributed by atoms with Crippen LogP contribution in [0.3, 0.4) is 0 Å². The predicted molar refractivity (Wildman–Crippen MR) is 61.7 cm³/mol. The van der Waals surface area contributed by atoms with Gasteiger partial charge in [0.2, 0.25) is 0 Å². The summed E-state index contributed by atoms with van der Waals surface area (Å²) in [4.78, 5) is 23.3. The summed E-state index contributed by atoms with van der Waals surface area (Å²) in [5, 5.41) is 18.3. The number of likely N-dealkylation sites (N-methyl/N-ethyl adjacent to an activating group) is 1. The number of aliphatic carboxylic acids is 1. The Morgan fingerprint density at radius 2 is 1.82 bits per heavy atom. The third-order valence-corrected chi connectivity index (χ3v) is 2.13. The SMILES string of the molecule is C[C@@H](C(=O)O)[C@H](O)CN(C)C(=O)OC(C)(C)C. The number of nitrogens with zero attached hydrogens (tertiary/aromatic N) is 1. The second-order valence-electron chi connectivity index (χ2n) is 5.06. The van der Waals surface area contributed by atoms with E-state index in [1.165, 1.54) is 14.0 Å². The maximum Gasteiger partial charge on any atom is 0.410 e. The molecule has 17 heavy (non-hydrogen) atoms. The van der Waals surface area contributed by atoms with Crippen LogP contribution in [0.25, 0.3) is 0 Å². The zero-order valence-corrected chi connectivity index (χ0v) is 10.9. The number of carboxylic acid groups (broad SMARTS) is 1. The van der Waals surface area contributed by atoms with Crippen molar-refractivity contribution < 1.29 is 24.5 Å². The zero-order valence-electron chi connectivity index (χ0n) is 10.9. The van der Waals surface area contributed by atoms with Crippen LogP contribution in [0.5, 0.6) is 0 Å². The van der Waals surface area contributed by atoms with Gasteiger partial charge in [-0.15, -0.1) is 0 Å². The van der Waals surface area contributed by atoms with Crippen molar-refractivity contribution in [3.63, 3.8) is 0 Å². The van der Waals surface area contributed by atoms with Gasteiger partial charge < -0.3 is 19.8 Å². The topological polar surface area (TPSA) is 87.1 Å². The Labute approximate surface area is 101 Å². The van der Waals surface area contributed by atoms with E-state index in [1.807, 2.05) is 0 Å². The number of carbonyl (C=O) groups is 2. The normalized spacial score (nSPS) is 14.9. The van der Waals surface area contributed by atoms with E-state index in [0.717, 1.165) is 4.90 Å². The van der Waals surface area contributed by atoms with Crippen molar-refractivity contribution in [2.45, 2.75) is 39.4 Å². The molecule has 0 spiro atoms. The van der Waals surface area contributed by atoms with Crippen molar-refractivity contribution >= 4 is 12.1 Å². The highest BCUT2D eigenvalue weighted by Gasteiger charge is 2.26. The third kappa shape index (κ3) is 6.11. The van der Waals surface area contributed by atoms with E-state index in [0.29, 0.717) is 0 Å². The summed E-state index contributed by atoms with van der Waals surface area (Å²) in [7, 11) is 1.45. The number of aliphatic hydroxyl groups excluding tert-OH is 1. The van der Waals surface area contributed by atoms with Crippen LogP contribution in [0.2, 0.25) is 0 Å². The van der Waals surface area contributed by atoms with Crippen LogP contribution in [-0.2, 0) is 9.53 Å². The standard InChI is InChI=1S/C11H21NO5/c1-7(9(14)15)8(13)6-12(5)10(16)17-11(2,3)4/h7-8,13H,6H2,1-5H3,(H,14,15)/t7-,8-/m1/s1. The molecule has 2 N–H and O–H groups in total. The average molecular weight is 247 g/mol. The van der Waals surface area contributed by atoms with E-state index >= 15 is 0 Å². The lowest BCUT2D eigenvalue weighted by atomic mass is 10.1. The maximum atomic E-state index is 11.5. The van der Waals surface area contributed by atoms with Crippen LogP contribution in [0.4, 0.5) is 4.79 Å². The molecular weight excluding hydrogens is 226 g/mol. The molecule has 1 amide bonds. The van der Waals surface area contributed by atoms with E-state index in [9.17, 15) is 14.7 Å². The van der Waals surface area contributed by atoms with Gasteiger partial charge in [0.05, 0.1) is 18.6 Å². The summed E-state index contributed by atoms with van der Waals surface area (Å²) in [6.07, 6.45) is -1.71. The number of carboxylic acids is 1. The summed E-state index contributed by atoms with van der Waals surface area (Å²) in [5.41, 5.74) is -0.616. The summed E-state index contributed by atoms with van der Waals surface area (Å²) in [5.74, 6) is -2.03. The largest absolute Gasteiger partial charge is 0.481 e. The van der Waals surface area contributed by atoms with Gasteiger partial charge >= 0.3 is 12.1 Å². The molecule has 0 unspecified atom stereocenters. The minimum atomic E-state index is -1.12. The highest BCUT2D eigenvalue weighted by atomic mass is 16.6. The fourth-order valence-electron chi connectivity index (χ4n) is 1.02. The molecule has 0 fully saturated rings. The molecule has 0 aliphatic rings. The van der Waals surface area contributed by atoms with Crippen LogP contribution in [0, 0.1) is 5.92 Å². The molecule has 0 saturated heterocycles. The second-order valence-corrected chi connectivity index (χ2v) is 5.06. The molecular formula is C11H21NO5. The molecule has 0 aliphatic heterocycles. The van der Waals surface area contributed by atoms with Gasteiger partial charge in [-0.1, -0.05) is 0 Å². The molecule has 0 aliphatic carbocycles. The molecule has 2 atom stereocenters. The predicted octanol–water partition coefficient (Wildman–Crippen LogP) is 0.935. The lowest BCUT2D eigenvalue weighted by Gasteiger charge is -2.26. The molecule has 0 saturated carbocycles. The van der Waals surface area contributed by atoms with Crippen molar-refractivity contribution in [1.82, 2.24) is 4.90 Å². The first kappa shape index (κ1) is 15.7. The van der Waals surface area contributed by atoms with Crippen molar-refractivity contribution in [1.29, 1.82) is 0 Å². The zero-order chi connectivity index (χ0) is 13.8. The highest BCUT2D eigenvalue weighted by Crippen LogP contribution is 2.11. The summed E-state index contributed by atoms with van der Waals surface area (Å²) in [6, 6.07) is 0. The molecule has 0 aromatic rings. The molecule has 0 aromatic carbocycles. The Bertz CT molecular complexity index is 284. The Morgan fingerprint density at radius 3 is 2.18 bits per heavy atom. The van der Waals surface area contributed by atoms with Gasteiger partial charge in [-0.2, -0.15) is 0 Å². The first-order valence-corrected chi connectivity index (χ1v) is 5.39. The average Bonchev–Trinajstić information content (AvgIpc) is 2.13. The highest BCUT2D eigenvalue weighted by molar-refractivity contribution is 5.71. The minimum Gasteiger partial charge on any atom is -0.481 e. The van der Waals surface area contributed by atoms with Gasteiger partial charge in [0.15, 0.2) is 0 Å². The van der Waals surface area contributed by atoms with Crippen molar-refractivity contribution in [2.24, 2.45) is 5.92 Å². The molecule has 6 heteroatoms. The molecule has 100 valence electrons. The Balaban J connectivity index is 4.30. The van der Waals surface area contributed by atoms with Gasteiger partial charge in [-0.05, 0) is 27.7 Å². The lowest BCUT2D eigenvalue weighted by molar-refractivity contribution is -0.145. The minimum absolute atomic E-state index is 0.0810. The van der Waals surface area contributed by atoms with E-state index < -0.39 is 29.7 Å². The lowest BCUT2D eigenvalue weighted by Crippen LogP contribution is -2.41. The van der Waals surface area contributed by atoms with E-state index in [4.69, 9.17) is 9.84 Å².